The Kier molecular flexibility index (Phi) is 7.05. The van der Waals surface area contributed by atoms with Crippen molar-refractivity contribution in [1.82, 2.24) is 10.2 Å². The number of para-hydroxylation sites is 2. The maximum atomic E-state index is 13.4. The average Bonchev–Trinajstić information content (AvgIpc) is 3.29. The second-order valence-corrected chi connectivity index (χ2v) is 11.2. The highest BCUT2D eigenvalue weighted by Gasteiger charge is 2.37. The van der Waals surface area contributed by atoms with Gasteiger partial charge in [0.05, 0.1) is 30.0 Å². The van der Waals surface area contributed by atoms with E-state index in [1.807, 2.05) is 6.92 Å². The summed E-state index contributed by atoms with van der Waals surface area (Å²) >= 11 is 2.21. The number of hydrogen-bond acceptors (Lipinski definition) is 10. The number of sulfonamides is 1. The summed E-state index contributed by atoms with van der Waals surface area (Å²) in [6.45, 7) is 1.65. The number of nitrogens with one attached hydrogen (secondary N) is 1. The normalized spacial score (nSPS) is 15.2. The van der Waals surface area contributed by atoms with Crippen molar-refractivity contribution in [3.63, 3.8) is 0 Å². The van der Waals surface area contributed by atoms with Crippen LogP contribution < -0.4 is 14.4 Å². The number of methoxy groups -OCH3 is 1. The van der Waals surface area contributed by atoms with Crippen molar-refractivity contribution < 1.29 is 27.5 Å². The molecule has 0 spiro atoms. The van der Waals surface area contributed by atoms with Gasteiger partial charge in [0.1, 0.15) is 5.75 Å². The molecule has 4 rings (SSSR count). The number of aromatic nitrogens is 2. The molecule has 0 bridgehead atoms. The predicted molar refractivity (Wildman–Crippen MR) is 128 cm³/mol. The minimum Gasteiger partial charge on any atom is -0.476 e. The number of amides is 1. The molecular weight excluding hydrogens is 500 g/mol. The maximum absolute atomic E-state index is 13.4. The quantitative estimate of drug-likeness (QED) is 0.284. The molecule has 0 saturated heterocycles. The number of nitrogens with zero attached hydrogens (tertiary/aromatic N) is 3. The highest BCUT2D eigenvalue weighted by molar-refractivity contribution is 8.01. The second-order valence-electron chi connectivity index (χ2n) is 7.15. The molecule has 2 heterocycles. The zero-order chi connectivity index (χ0) is 24.3. The highest BCUT2D eigenvalue weighted by atomic mass is 32.2. The van der Waals surface area contributed by atoms with Gasteiger partial charge in [-0.15, -0.1) is 10.2 Å². The van der Waals surface area contributed by atoms with Gasteiger partial charge in [0.15, 0.2) is 10.4 Å². The van der Waals surface area contributed by atoms with Gasteiger partial charge in [0, 0.05) is 0 Å². The Hall–Kier alpha value is -3.16. The lowest BCUT2D eigenvalue weighted by Gasteiger charge is -2.34. The first-order valence-electron chi connectivity index (χ1n) is 9.97. The van der Waals surface area contributed by atoms with Crippen molar-refractivity contribution in [1.29, 1.82) is 0 Å². The number of esters is 1. The van der Waals surface area contributed by atoms with E-state index in [1.54, 1.807) is 36.4 Å². The van der Waals surface area contributed by atoms with E-state index >= 15 is 0 Å². The van der Waals surface area contributed by atoms with Crippen LogP contribution in [0, 0.1) is 6.92 Å². The Balaban J connectivity index is 1.54. The highest BCUT2D eigenvalue weighted by Crippen LogP contribution is 2.37. The van der Waals surface area contributed by atoms with Gasteiger partial charge in [-0.25, -0.2) is 8.42 Å². The third-order valence-electron chi connectivity index (χ3n) is 4.81. The Morgan fingerprint density at radius 3 is 2.68 bits per heavy atom. The summed E-state index contributed by atoms with van der Waals surface area (Å²) < 4.78 is 38.9. The molecule has 34 heavy (non-hydrogen) atoms. The van der Waals surface area contributed by atoms with Crippen LogP contribution >= 0.6 is 23.1 Å². The lowest BCUT2D eigenvalue weighted by molar-refractivity contribution is -0.137. The van der Waals surface area contributed by atoms with Crippen LogP contribution in [0.4, 0.5) is 10.8 Å². The fraction of sp³-hybridized carbons (Fsp3) is 0.238. The predicted octanol–water partition coefficient (Wildman–Crippen LogP) is 2.71. The minimum atomic E-state index is -3.94. The Morgan fingerprint density at radius 1 is 1.21 bits per heavy atom. The van der Waals surface area contributed by atoms with E-state index in [0.29, 0.717) is 10.0 Å². The molecule has 13 heteroatoms. The summed E-state index contributed by atoms with van der Waals surface area (Å²) in [5.41, 5.74) is 1.28. The molecule has 1 aliphatic rings. The number of aryl methyl sites for hydroxylation is 1. The fourth-order valence-corrected chi connectivity index (χ4v) is 6.15. The van der Waals surface area contributed by atoms with Crippen LogP contribution in [0.5, 0.6) is 5.75 Å². The number of carbonyl (C=O) groups excluding carboxylic acids is 2. The first-order chi connectivity index (χ1) is 16.3. The zero-order valence-electron chi connectivity index (χ0n) is 18.1. The SMILES string of the molecule is COC(=O)CSc1nnc(NC(=O)[C@H]2CN(S(=O)(=O)c3ccc(C)cc3)c3ccccc3O2)s1. The number of rotatable bonds is 7. The number of benzene rings is 2. The standard InChI is InChI=1S/C21H20N4O6S3/c1-13-7-9-14(10-8-13)34(28,29)25-11-17(31-16-6-4-3-5-15(16)25)19(27)22-20-23-24-21(33-20)32-12-18(26)30-2/h3-10,17H,11-12H2,1-2H3,(H,22,23,27)/t17-/m1/s1. The fourth-order valence-electron chi connectivity index (χ4n) is 3.09. The molecule has 1 aliphatic heterocycles. The molecule has 1 N–H and O–H groups in total. The molecule has 0 aliphatic carbocycles. The lowest BCUT2D eigenvalue weighted by Crippen LogP contribution is -2.48. The van der Waals surface area contributed by atoms with Crippen molar-refractivity contribution in [3.05, 3.63) is 54.1 Å². The third-order valence-corrected chi connectivity index (χ3v) is 8.55. The van der Waals surface area contributed by atoms with Gasteiger partial charge in [-0.1, -0.05) is 52.9 Å². The van der Waals surface area contributed by atoms with Crippen molar-refractivity contribution >= 4 is 55.8 Å². The van der Waals surface area contributed by atoms with E-state index in [-0.39, 0.29) is 28.1 Å². The number of ether oxygens (including phenoxy) is 2. The van der Waals surface area contributed by atoms with Gasteiger partial charge in [-0.2, -0.15) is 0 Å². The van der Waals surface area contributed by atoms with Gasteiger partial charge >= 0.3 is 5.97 Å². The molecule has 2 aromatic carbocycles. The van der Waals surface area contributed by atoms with Crippen LogP contribution in [0.25, 0.3) is 0 Å². The number of anilines is 2. The van der Waals surface area contributed by atoms with E-state index in [4.69, 9.17) is 4.74 Å². The van der Waals surface area contributed by atoms with E-state index in [9.17, 15) is 18.0 Å². The Labute approximate surface area is 204 Å². The molecule has 0 saturated carbocycles. The summed E-state index contributed by atoms with van der Waals surface area (Å²) in [5, 5.41) is 10.6. The van der Waals surface area contributed by atoms with Crippen LogP contribution in [0.2, 0.25) is 0 Å². The molecule has 3 aromatic rings. The average molecular weight is 521 g/mol. The first-order valence-corrected chi connectivity index (χ1v) is 13.2. The monoisotopic (exact) mass is 520 g/mol. The number of hydrogen-bond donors (Lipinski definition) is 1. The maximum Gasteiger partial charge on any atom is 0.316 e. The third kappa shape index (κ3) is 5.16. The molecule has 1 atom stereocenters. The molecule has 0 fully saturated rings. The molecule has 1 aromatic heterocycles. The summed E-state index contributed by atoms with van der Waals surface area (Å²) in [7, 11) is -2.65. The van der Waals surface area contributed by atoms with Crippen LogP contribution in [-0.2, 0) is 24.3 Å². The van der Waals surface area contributed by atoms with Crippen LogP contribution in [-0.4, -0.2) is 56.0 Å². The van der Waals surface area contributed by atoms with E-state index in [0.717, 1.165) is 28.7 Å². The molecule has 178 valence electrons. The van der Waals surface area contributed by atoms with Crippen molar-refractivity contribution in [3.8, 4) is 5.75 Å². The number of thioether (sulfide) groups is 1. The number of fused-ring (bicyclic) bond motifs is 1. The minimum absolute atomic E-state index is 0.0629. The van der Waals surface area contributed by atoms with E-state index in [1.165, 1.54) is 23.5 Å². The lowest BCUT2D eigenvalue weighted by atomic mass is 10.2. The molecule has 0 unspecified atom stereocenters. The number of carbonyl (C=O) groups is 2. The first kappa shape index (κ1) is 24.0. The summed E-state index contributed by atoms with van der Waals surface area (Å²) in [4.78, 5) is 24.4. The summed E-state index contributed by atoms with van der Waals surface area (Å²) in [5.74, 6) is -0.640. The largest absolute Gasteiger partial charge is 0.476 e. The van der Waals surface area contributed by atoms with Gasteiger partial charge in [-0.3, -0.25) is 19.2 Å². The van der Waals surface area contributed by atoms with Crippen LogP contribution in [0.1, 0.15) is 5.56 Å². The summed E-state index contributed by atoms with van der Waals surface area (Å²) in [6.07, 6.45) is -1.12. The topological polar surface area (TPSA) is 128 Å². The Morgan fingerprint density at radius 2 is 1.94 bits per heavy atom. The van der Waals surface area contributed by atoms with Crippen molar-refractivity contribution in [2.75, 3.05) is 29.0 Å². The van der Waals surface area contributed by atoms with Crippen LogP contribution in [0.3, 0.4) is 0 Å². The molecular formula is C21H20N4O6S3. The van der Waals surface area contributed by atoms with Gasteiger partial charge < -0.3 is 9.47 Å². The smallest absolute Gasteiger partial charge is 0.316 e. The van der Waals surface area contributed by atoms with Crippen molar-refractivity contribution in [2.24, 2.45) is 0 Å². The van der Waals surface area contributed by atoms with Gasteiger partial charge in [-0.05, 0) is 31.2 Å². The zero-order valence-corrected chi connectivity index (χ0v) is 20.6. The van der Waals surface area contributed by atoms with E-state index in [2.05, 4.69) is 20.3 Å². The van der Waals surface area contributed by atoms with Crippen molar-refractivity contribution in [2.45, 2.75) is 22.3 Å². The van der Waals surface area contributed by atoms with Gasteiger partial charge in [0.25, 0.3) is 15.9 Å². The molecule has 0 radical (unpaired) electrons. The van der Waals surface area contributed by atoms with Gasteiger partial charge in [0.2, 0.25) is 5.13 Å². The van der Waals surface area contributed by atoms with Crippen LogP contribution in [0.15, 0.2) is 57.8 Å². The Bertz CT molecular complexity index is 1310. The summed E-state index contributed by atoms with van der Waals surface area (Å²) in [6, 6.07) is 13.1. The molecule has 10 nitrogen and oxygen atoms in total. The molecule has 1 amide bonds. The van der Waals surface area contributed by atoms with E-state index < -0.39 is 28.0 Å². The second kappa shape index (κ2) is 9.99.